The van der Waals surface area contributed by atoms with Crippen molar-refractivity contribution in [2.24, 2.45) is 0 Å². The molecule has 0 spiro atoms. The van der Waals surface area contributed by atoms with Crippen LogP contribution in [0, 0.1) is 12.7 Å². The topological polar surface area (TPSA) is 86.9 Å². The Morgan fingerprint density at radius 3 is 2.59 bits per heavy atom. The van der Waals surface area contributed by atoms with E-state index < -0.39 is 29.5 Å². The first-order valence-corrected chi connectivity index (χ1v) is 10.2. The number of pyridine rings is 1. The molecule has 0 saturated carbocycles. The predicted octanol–water partition coefficient (Wildman–Crippen LogP) is 4.57. The number of hydrogen-bond acceptors (Lipinski definition) is 6. The van der Waals surface area contributed by atoms with Crippen LogP contribution in [0.3, 0.4) is 0 Å². The van der Waals surface area contributed by atoms with E-state index in [4.69, 9.17) is 4.74 Å². The zero-order valence-corrected chi connectivity index (χ0v) is 18.5. The molecule has 0 aliphatic carbocycles. The van der Waals surface area contributed by atoms with E-state index in [-0.39, 0.29) is 5.69 Å². The summed E-state index contributed by atoms with van der Waals surface area (Å²) in [6.45, 7) is 3.41. The molecule has 176 valence electrons. The van der Waals surface area contributed by atoms with Crippen LogP contribution in [0.5, 0.6) is 5.75 Å². The lowest BCUT2D eigenvalue weighted by Gasteiger charge is -2.18. The van der Waals surface area contributed by atoms with Gasteiger partial charge in [-0.25, -0.2) is 22.8 Å². The van der Waals surface area contributed by atoms with Crippen molar-refractivity contribution < 1.29 is 17.9 Å². The maximum absolute atomic E-state index is 13.6. The number of imidazole rings is 1. The third-order valence-electron chi connectivity index (χ3n) is 5.20. The van der Waals surface area contributed by atoms with Gasteiger partial charge in [-0.1, -0.05) is 0 Å². The first kappa shape index (κ1) is 23.0. The number of nitrogens with zero attached hydrogens (tertiary/aromatic N) is 5. The van der Waals surface area contributed by atoms with E-state index >= 15 is 0 Å². The maximum Gasteiger partial charge on any atom is 0.291 e. The zero-order valence-electron chi connectivity index (χ0n) is 18.5. The molecule has 3 heterocycles. The highest BCUT2D eigenvalue weighted by molar-refractivity contribution is 5.64. The van der Waals surface area contributed by atoms with E-state index in [0.717, 1.165) is 22.6 Å². The SMILES string of the molecule is COc1cc(Nc2cc(C(F)F)nn([C@@H](C)c3cncc(F)c3)c2=O)ccc1-n1cnc(C)c1. The van der Waals surface area contributed by atoms with Gasteiger partial charge in [-0.2, -0.15) is 5.10 Å². The average Bonchev–Trinajstić information content (AvgIpc) is 3.25. The Labute approximate surface area is 192 Å². The number of nitrogens with one attached hydrogen (secondary N) is 1. The van der Waals surface area contributed by atoms with Gasteiger partial charge in [0.1, 0.15) is 22.9 Å². The largest absolute Gasteiger partial charge is 0.494 e. The summed E-state index contributed by atoms with van der Waals surface area (Å²) in [5.41, 5.74) is 0.909. The van der Waals surface area contributed by atoms with E-state index in [9.17, 15) is 18.0 Å². The molecule has 34 heavy (non-hydrogen) atoms. The first-order chi connectivity index (χ1) is 16.3. The lowest BCUT2D eigenvalue weighted by atomic mass is 10.1. The molecular formula is C23H21F3N6O2. The lowest BCUT2D eigenvalue weighted by Crippen LogP contribution is -2.29. The number of hydrogen-bond donors (Lipinski definition) is 1. The minimum Gasteiger partial charge on any atom is -0.494 e. The molecule has 1 aromatic carbocycles. The summed E-state index contributed by atoms with van der Waals surface area (Å²) >= 11 is 0. The number of aromatic nitrogens is 5. The third kappa shape index (κ3) is 4.63. The molecule has 0 radical (unpaired) electrons. The van der Waals surface area contributed by atoms with Gasteiger partial charge >= 0.3 is 0 Å². The van der Waals surface area contributed by atoms with Crippen LogP contribution < -0.4 is 15.6 Å². The van der Waals surface area contributed by atoms with Gasteiger partial charge in [-0.3, -0.25) is 9.78 Å². The number of aryl methyl sites for hydroxylation is 1. The van der Waals surface area contributed by atoms with Gasteiger partial charge in [0.2, 0.25) is 0 Å². The number of halogens is 3. The molecule has 11 heteroatoms. The summed E-state index contributed by atoms with van der Waals surface area (Å²) in [4.78, 5) is 21.1. The monoisotopic (exact) mass is 470 g/mol. The fourth-order valence-electron chi connectivity index (χ4n) is 3.47. The molecule has 0 fully saturated rings. The molecule has 0 amide bonds. The van der Waals surface area contributed by atoms with Crippen LogP contribution in [0.4, 0.5) is 24.5 Å². The molecule has 3 aromatic heterocycles. The van der Waals surface area contributed by atoms with Gasteiger partial charge in [0, 0.05) is 24.1 Å². The Balaban J connectivity index is 1.74. The molecule has 4 aromatic rings. The van der Waals surface area contributed by atoms with Crippen LogP contribution in [0.2, 0.25) is 0 Å². The number of ether oxygens (including phenoxy) is 1. The lowest BCUT2D eigenvalue weighted by molar-refractivity contribution is 0.142. The van der Waals surface area contributed by atoms with Crippen molar-refractivity contribution in [3.05, 3.63) is 88.4 Å². The highest BCUT2D eigenvalue weighted by Crippen LogP contribution is 2.29. The van der Waals surface area contributed by atoms with Crippen LogP contribution in [0.1, 0.15) is 36.3 Å². The van der Waals surface area contributed by atoms with Crippen LogP contribution >= 0.6 is 0 Å². The summed E-state index contributed by atoms with van der Waals surface area (Å²) in [7, 11) is 1.50. The van der Waals surface area contributed by atoms with Gasteiger partial charge < -0.3 is 14.6 Å². The second-order valence-corrected chi connectivity index (χ2v) is 7.58. The van der Waals surface area contributed by atoms with Crippen LogP contribution in [0.25, 0.3) is 5.69 Å². The number of benzene rings is 1. The molecule has 4 rings (SSSR count). The van der Waals surface area contributed by atoms with Crippen molar-refractivity contribution in [1.29, 1.82) is 0 Å². The average molecular weight is 470 g/mol. The Hall–Kier alpha value is -4.15. The Morgan fingerprint density at radius 1 is 1.15 bits per heavy atom. The number of alkyl halides is 2. The van der Waals surface area contributed by atoms with Crippen molar-refractivity contribution in [2.45, 2.75) is 26.3 Å². The first-order valence-electron chi connectivity index (χ1n) is 10.2. The highest BCUT2D eigenvalue weighted by Gasteiger charge is 2.20. The molecule has 0 saturated heterocycles. The van der Waals surface area contributed by atoms with Gasteiger partial charge in [-0.05, 0) is 43.7 Å². The summed E-state index contributed by atoms with van der Waals surface area (Å²) in [5, 5.41) is 6.68. The van der Waals surface area contributed by atoms with Gasteiger partial charge in [0.15, 0.2) is 0 Å². The third-order valence-corrected chi connectivity index (χ3v) is 5.20. The quantitative estimate of drug-likeness (QED) is 0.426. The zero-order chi connectivity index (χ0) is 24.4. The number of anilines is 2. The van der Waals surface area contributed by atoms with Crippen molar-refractivity contribution in [3.63, 3.8) is 0 Å². The van der Waals surface area contributed by atoms with E-state index in [2.05, 4.69) is 20.4 Å². The van der Waals surface area contributed by atoms with E-state index in [0.29, 0.717) is 22.7 Å². The van der Waals surface area contributed by atoms with Gasteiger partial charge in [-0.15, -0.1) is 0 Å². The summed E-state index contributed by atoms with van der Waals surface area (Å²) < 4.78 is 48.9. The highest BCUT2D eigenvalue weighted by atomic mass is 19.3. The van der Waals surface area contributed by atoms with E-state index in [1.807, 2.05) is 13.1 Å². The predicted molar refractivity (Wildman–Crippen MR) is 120 cm³/mol. The fraction of sp³-hybridized carbons (Fsp3) is 0.217. The van der Waals surface area contributed by atoms with Gasteiger partial charge in [0.25, 0.3) is 12.0 Å². The molecule has 0 aliphatic heterocycles. The molecule has 8 nitrogen and oxygen atoms in total. The minimum atomic E-state index is -2.92. The molecule has 0 unspecified atom stereocenters. The van der Waals surface area contributed by atoms with Crippen LogP contribution in [0.15, 0.2) is 60.0 Å². The second kappa shape index (κ2) is 9.38. The molecule has 0 bridgehead atoms. The Bertz CT molecular complexity index is 1390. The van der Waals surface area contributed by atoms with Crippen LogP contribution in [-0.4, -0.2) is 31.4 Å². The minimum absolute atomic E-state index is 0.116. The van der Waals surface area contributed by atoms with Crippen molar-refractivity contribution >= 4 is 11.4 Å². The van der Waals surface area contributed by atoms with Crippen molar-refractivity contribution in [1.82, 2.24) is 24.3 Å². The maximum atomic E-state index is 13.6. The summed E-state index contributed by atoms with van der Waals surface area (Å²) in [6, 6.07) is 6.40. The molecular weight excluding hydrogens is 449 g/mol. The van der Waals surface area contributed by atoms with Crippen LogP contribution in [-0.2, 0) is 0 Å². The smallest absolute Gasteiger partial charge is 0.291 e. The summed E-state index contributed by atoms with van der Waals surface area (Å²) in [6.07, 6.45) is 2.90. The fourth-order valence-corrected chi connectivity index (χ4v) is 3.47. The second-order valence-electron chi connectivity index (χ2n) is 7.58. The number of methoxy groups -OCH3 is 1. The number of rotatable bonds is 7. The van der Waals surface area contributed by atoms with Crippen molar-refractivity contribution in [3.8, 4) is 11.4 Å². The standard InChI is InChI=1S/C23H21F3N6O2/c1-13-11-31(12-28-13)20-5-4-17(7-21(20)34-3)29-19-8-18(22(25)26)30-32(23(19)33)14(2)15-6-16(24)10-27-9-15/h4-12,14,22,29H,1-3H3/t14-/m0/s1. The summed E-state index contributed by atoms with van der Waals surface area (Å²) in [5.74, 6) is -0.133. The molecule has 1 atom stereocenters. The van der Waals surface area contributed by atoms with Gasteiger partial charge in [0.05, 0.1) is 37.1 Å². The van der Waals surface area contributed by atoms with E-state index in [1.165, 1.54) is 19.4 Å². The molecule has 1 N–H and O–H groups in total. The Kier molecular flexibility index (Phi) is 6.35. The van der Waals surface area contributed by atoms with E-state index in [1.54, 1.807) is 36.0 Å². The van der Waals surface area contributed by atoms with Crippen molar-refractivity contribution in [2.75, 3.05) is 12.4 Å². The molecule has 0 aliphatic rings. The Morgan fingerprint density at radius 2 is 1.94 bits per heavy atom. The normalized spacial score (nSPS) is 12.1.